The number of thiophene rings is 1. The third kappa shape index (κ3) is 3.89. The van der Waals surface area contributed by atoms with E-state index in [0.717, 1.165) is 8.26 Å². The maximum atomic E-state index is 11.7. The molecular weight excluding hydrogens is 396 g/mol. The van der Waals surface area contributed by atoms with Crippen molar-refractivity contribution in [2.24, 2.45) is 5.10 Å². The smallest absolute Gasteiger partial charge is 0.281 e. The van der Waals surface area contributed by atoms with Crippen LogP contribution in [0.2, 0.25) is 0 Å². The molecule has 2 N–H and O–H groups in total. The Morgan fingerprint density at radius 1 is 1.32 bits per heavy atom. The molecule has 0 saturated carbocycles. The molecule has 1 aromatic carbocycles. The van der Waals surface area contributed by atoms with E-state index in [9.17, 15) is 9.90 Å². The summed E-state index contributed by atoms with van der Waals surface area (Å²) in [5, 5.41) is 13.4. The second-order valence-electron chi connectivity index (χ2n) is 3.51. The minimum Gasteiger partial charge on any atom is -0.507 e. The lowest BCUT2D eigenvalue weighted by Gasteiger charge is -1.99. The van der Waals surface area contributed by atoms with E-state index in [2.05, 4.69) is 42.4 Å². The van der Waals surface area contributed by atoms with Gasteiger partial charge >= 0.3 is 0 Å². The summed E-state index contributed by atoms with van der Waals surface area (Å²) in [5.74, 6) is -0.193. The van der Waals surface area contributed by atoms with Crippen molar-refractivity contribution in [2.45, 2.75) is 0 Å². The third-order valence-corrected chi connectivity index (χ3v) is 4.27. The number of nitrogens with zero attached hydrogens (tertiary/aromatic N) is 1. The summed E-state index contributed by atoms with van der Waals surface area (Å²) < 4.78 is 1.70. The summed E-state index contributed by atoms with van der Waals surface area (Å²) in [6.07, 6.45) is 1.39. The third-order valence-electron chi connectivity index (χ3n) is 2.16. The maximum Gasteiger partial charge on any atom is 0.281 e. The van der Waals surface area contributed by atoms with E-state index in [1.54, 1.807) is 30.3 Å². The summed E-state index contributed by atoms with van der Waals surface area (Å²) in [7, 11) is 0. The van der Waals surface area contributed by atoms with Crippen molar-refractivity contribution < 1.29 is 9.90 Å². The Morgan fingerprint density at radius 2 is 2.11 bits per heavy atom. The minimum absolute atomic E-state index is 0.0973. The monoisotopic (exact) mass is 402 g/mol. The Morgan fingerprint density at radius 3 is 2.79 bits per heavy atom. The van der Waals surface area contributed by atoms with Gasteiger partial charge in [-0.15, -0.1) is 11.3 Å². The van der Waals surface area contributed by atoms with Crippen molar-refractivity contribution in [3.63, 3.8) is 0 Å². The molecule has 1 aromatic heterocycles. The Labute approximate surface area is 130 Å². The predicted molar refractivity (Wildman–Crippen MR) is 82.9 cm³/mol. The predicted octanol–water partition coefficient (Wildman–Crippen LogP) is 3.74. The molecule has 0 atom stereocenters. The lowest BCUT2D eigenvalue weighted by atomic mass is 10.2. The topological polar surface area (TPSA) is 61.7 Å². The van der Waals surface area contributed by atoms with E-state index >= 15 is 0 Å². The van der Waals surface area contributed by atoms with Gasteiger partial charge in [0.1, 0.15) is 5.75 Å². The first-order valence-corrected chi connectivity index (χ1v) is 7.54. The molecule has 0 fully saturated rings. The first-order valence-electron chi connectivity index (χ1n) is 5.13. The van der Waals surface area contributed by atoms with E-state index in [1.165, 1.54) is 17.6 Å². The van der Waals surface area contributed by atoms with E-state index < -0.39 is 0 Å². The molecule has 7 heteroatoms. The van der Waals surface area contributed by atoms with Crippen LogP contribution in [0.25, 0.3) is 0 Å². The number of carbonyl (C=O) groups is 1. The van der Waals surface area contributed by atoms with Crippen LogP contribution < -0.4 is 5.43 Å². The molecule has 0 spiro atoms. The lowest BCUT2D eigenvalue weighted by molar-refractivity contribution is 0.0959. The summed E-state index contributed by atoms with van der Waals surface area (Å²) in [6, 6.07) is 8.46. The van der Waals surface area contributed by atoms with Gasteiger partial charge in [-0.3, -0.25) is 4.79 Å². The maximum absolute atomic E-state index is 11.7. The molecule has 0 radical (unpaired) electrons. The van der Waals surface area contributed by atoms with Crippen LogP contribution in [0.1, 0.15) is 15.2 Å². The number of nitrogens with one attached hydrogen (secondary N) is 1. The fourth-order valence-corrected chi connectivity index (χ4v) is 2.94. The number of benzene rings is 1. The highest BCUT2D eigenvalue weighted by Crippen LogP contribution is 2.22. The second-order valence-corrected chi connectivity index (χ2v) is 6.88. The molecule has 0 saturated heterocycles. The van der Waals surface area contributed by atoms with Crippen molar-refractivity contribution >= 4 is 55.3 Å². The normalized spacial score (nSPS) is 10.8. The molecule has 0 aliphatic heterocycles. The van der Waals surface area contributed by atoms with Crippen molar-refractivity contribution in [3.05, 3.63) is 49.0 Å². The molecule has 19 heavy (non-hydrogen) atoms. The average Bonchev–Trinajstić information content (AvgIpc) is 2.80. The van der Waals surface area contributed by atoms with Gasteiger partial charge in [0.2, 0.25) is 0 Å². The number of carbonyl (C=O) groups excluding carboxylic acids is 1. The average molecular weight is 404 g/mol. The zero-order valence-electron chi connectivity index (χ0n) is 9.43. The quantitative estimate of drug-likeness (QED) is 0.605. The summed E-state index contributed by atoms with van der Waals surface area (Å²) in [6.45, 7) is 0. The van der Waals surface area contributed by atoms with E-state index in [0.29, 0.717) is 10.4 Å². The summed E-state index contributed by atoms with van der Waals surface area (Å²) in [4.78, 5) is 12.3. The van der Waals surface area contributed by atoms with Gasteiger partial charge in [0.05, 0.1) is 14.9 Å². The van der Waals surface area contributed by atoms with Crippen LogP contribution >= 0.6 is 43.2 Å². The number of phenolic OH excluding ortho intramolecular Hbond substituents is 1. The van der Waals surface area contributed by atoms with Crippen molar-refractivity contribution in [1.29, 1.82) is 0 Å². The van der Waals surface area contributed by atoms with Crippen LogP contribution in [-0.4, -0.2) is 17.2 Å². The highest BCUT2D eigenvalue weighted by molar-refractivity contribution is 9.11. The number of hydrazone groups is 1. The van der Waals surface area contributed by atoms with E-state index in [-0.39, 0.29) is 11.7 Å². The minimum atomic E-state index is -0.290. The number of rotatable bonds is 3. The SMILES string of the molecule is O=C(NN=Cc1cc(Br)ccc1O)c1ccc(Br)s1. The van der Waals surface area contributed by atoms with Crippen LogP contribution in [0.15, 0.2) is 43.7 Å². The van der Waals surface area contributed by atoms with Gasteiger partial charge < -0.3 is 5.11 Å². The molecule has 0 aliphatic rings. The first-order chi connectivity index (χ1) is 9.06. The fourth-order valence-electron chi connectivity index (χ4n) is 1.28. The number of hydrogen-bond acceptors (Lipinski definition) is 4. The molecule has 2 rings (SSSR count). The van der Waals surface area contributed by atoms with Crippen LogP contribution in [0.4, 0.5) is 0 Å². The second kappa shape index (κ2) is 6.31. The van der Waals surface area contributed by atoms with Crippen molar-refractivity contribution in [3.8, 4) is 5.75 Å². The van der Waals surface area contributed by atoms with Crippen LogP contribution in [0.5, 0.6) is 5.75 Å². The molecular formula is C12H8Br2N2O2S. The Kier molecular flexibility index (Phi) is 4.73. The van der Waals surface area contributed by atoms with Gasteiger partial charge in [-0.25, -0.2) is 5.43 Å². The molecule has 98 valence electrons. The lowest BCUT2D eigenvalue weighted by Crippen LogP contribution is -2.16. The Hall–Kier alpha value is -1.18. The largest absolute Gasteiger partial charge is 0.507 e. The van der Waals surface area contributed by atoms with E-state index in [1.807, 2.05) is 0 Å². The van der Waals surface area contributed by atoms with Crippen molar-refractivity contribution in [1.82, 2.24) is 5.43 Å². The first kappa shape index (κ1) is 14.2. The fraction of sp³-hybridized carbons (Fsp3) is 0. The molecule has 1 amide bonds. The van der Waals surface area contributed by atoms with Gasteiger partial charge in [-0.1, -0.05) is 15.9 Å². The molecule has 4 nitrogen and oxygen atoms in total. The van der Waals surface area contributed by atoms with Gasteiger partial charge in [0.25, 0.3) is 5.91 Å². The van der Waals surface area contributed by atoms with Crippen LogP contribution in [-0.2, 0) is 0 Å². The molecule has 1 heterocycles. The number of halogens is 2. The number of phenols is 1. The molecule has 2 aromatic rings. The van der Waals surface area contributed by atoms with Crippen LogP contribution in [0.3, 0.4) is 0 Å². The van der Waals surface area contributed by atoms with Gasteiger partial charge in [0, 0.05) is 10.0 Å². The molecule has 0 unspecified atom stereocenters. The van der Waals surface area contributed by atoms with Crippen LogP contribution in [0, 0.1) is 0 Å². The van der Waals surface area contributed by atoms with Gasteiger partial charge in [-0.2, -0.15) is 5.10 Å². The molecule has 0 aliphatic carbocycles. The number of aromatic hydroxyl groups is 1. The zero-order valence-corrected chi connectivity index (χ0v) is 13.4. The van der Waals surface area contributed by atoms with E-state index in [4.69, 9.17) is 0 Å². The standard InChI is InChI=1S/C12H8Br2N2O2S/c13-8-1-2-9(17)7(5-8)6-15-16-12(18)10-3-4-11(14)19-10/h1-6,17H,(H,16,18). The Bertz CT molecular complexity index is 640. The van der Waals surface area contributed by atoms with Gasteiger partial charge in [0.15, 0.2) is 0 Å². The summed E-state index contributed by atoms with van der Waals surface area (Å²) >= 11 is 7.90. The summed E-state index contributed by atoms with van der Waals surface area (Å²) in [5.41, 5.74) is 2.92. The number of hydrogen-bond donors (Lipinski definition) is 2. The highest BCUT2D eigenvalue weighted by Gasteiger charge is 2.06. The molecule has 0 bridgehead atoms. The van der Waals surface area contributed by atoms with Gasteiger partial charge in [-0.05, 0) is 46.3 Å². The number of amides is 1. The highest BCUT2D eigenvalue weighted by atomic mass is 79.9. The Balaban J connectivity index is 2.04. The zero-order chi connectivity index (χ0) is 13.8. The van der Waals surface area contributed by atoms with Crippen molar-refractivity contribution in [2.75, 3.05) is 0 Å².